The highest BCUT2D eigenvalue weighted by molar-refractivity contribution is 4.92. The molecule has 3 unspecified atom stereocenters. The third-order valence-corrected chi connectivity index (χ3v) is 6.09. The van der Waals surface area contributed by atoms with Crippen molar-refractivity contribution < 1.29 is 5.11 Å². The van der Waals surface area contributed by atoms with Gasteiger partial charge in [-0.25, -0.2) is 0 Å². The first-order valence-electron chi connectivity index (χ1n) is 9.68. The van der Waals surface area contributed by atoms with Gasteiger partial charge in [0.05, 0.1) is 0 Å². The zero-order valence-electron chi connectivity index (χ0n) is 14.2. The van der Waals surface area contributed by atoms with Crippen LogP contribution in [0, 0.1) is 5.92 Å². The summed E-state index contributed by atoms with van der Waals surface area (Å²) in [7, 11) is 0. The molecule has 0 amide bonds. The molecule has 0 aromatic heterocycles. The Morgan fingerprint density at radius 3 is 2.59 bits per heavy atom. The molecule has 22 heavy (non-hydrogen) atoms. The van der Waals surface area contributed by atoms with Gasteiger partial charge in [-0.1, -0.05) is 12.8 Å². The molecule has 4 nitrogen and oxygen atoms in total. The Balaban J connectivity index is 1.62. The molecular weight excluding hydrogens is 274 g/mol. The SMILES string of the molecule is OCCC1CCCCN1C1CNCCC1CN1CCCCC1. The first kappa shape index (κ1) is 16.7. The van der Waals surface area contributed by atoms with Gasteiger partial charge in [0.15, 0.2) is 0 Å². The van der Waals surface area contributed by atoms with Crippen LogP contribution in [0.5, 0.6) is 0 Å². The average molecular weight is 309 g/mol. The van der Waals surface area contributed by atoms with Crippen molar-refractivity contribution in [2.45, 2.75) is 63.5 Å². The van der Waals surface area contributed by atoms with Gasteiger partial charge in [0.1, 0.15) is 0 Å². The molecule has 0 aliphatic carbocycles. The number of rotatable bonds is 5. The van der Waals surface area contributed by atoms with Gasteiger partial charge in [-0.05, 0) is 70.6 Å². The van der Waals surface area contributed by atoms with Crippen molar-refractivity contribution in [1.29, 1.82) is 0 Å². The summed E-state index contributed by atoms with van der Waals surface area (Å²) in [5.41, 5.74) is 0. The number of piperidine rings is 3. The molecule has 4 heteroatoms. The lowest BCUT2D eigenvalue weighted by Gasteiger charge is -2.47. The molecule has 3 fully saturated rings. The molecule has 3 atom stereocenters. The summed E-state index contributed by atoms with van der Waals surface area (Å²) in [5, 5.41) is 13.1. The van der Waals surface area contributed by atoms with Crippen molar-refractivity contribution in [2.24, 2.45) is 5.92 Å². The lowest BCUT2D eigenvalue weighted by molar-refractivity contribution is 0.0212. The number of hydrogen-bond acceptors (Lipinski definition) is 4. The van der Waals surface area contributed by atoms with Crippen LogP contribution in [0.15, 0.2) is 0 Å². The standard InChI is InChI=1S/C18H35N3O/c22-13-8-17-6-2-5-12-21(17)18-14-19-9-7-16(18)15-20-10-3-1-4-11-20/h16-19,22H,1-15H2. The van der Waals surface area contributed by atoms with E-state index in [2.05, 4.69) is 15.1 Å². The Kier molecular flexibility index (Phi) is 6.54. The summed E-state index contributed by atoms with van der Waals surface area (Å²) in [6.45, 7) is 7.86. The Hall–Kier alpha value is -0.160. The van der Waals surface area contributed by atoms with E-state index in [9.17, 15) is 5.11 Å². The molecule has 0 aromatic carbocycles. The number of hydrogen-bond donors (Lipinski definition) is 2. The highest BCUT2D eigenvalue weighted by atomic mass is 16.3. The second-order valence-electron chi connectivity index (χ2n) is 7.58. The molecule has 3 aliphatic heterocycles. The average Bonchev–Trinajstić information content (AvgIpc) is 2.57. The van der Waals surface area contributed by atoms with E-state index in [-0.39, 0.29) is 0 Å². The van der Waals surface area contributed by atoms with E-state index in [1.54, 1.807) is 0 Å². The maximum absolute atomic E-state index is 9.41. The molecule has 3 aliphatic rings. The van der Waals surface area contributed by atoms with Gasteiger partial charge in [-0.2, -0.15) is 0 Å². The molecule has 0 radical (unpaired) electrons. The zero-order chi connectivity index (χ0) is 15.2. The zero-order valence-corrected chi connectivity index (χ0v) is 14.2. The summed E-state index contributed by atoms with van der Waals surface area (Å²) in [6.07, 6.45) is 10.5. The second kappa shape index (κ2) is 8.62. The Morgan fingerprint density at radius 1 is 0.955 bits per heavy atom. The van der Waals surface area contributed by atoms with Crippen molar-refractivity contribution >= 4 is 0 Å². The van der Waals surface area contributed by atoms with Crippen LogP contribution < -0.4 is 5.32 Å². The van der Waals surface area contributed by atoms with E-state index >= 15 is 0 Å². The van der Waals surface area contributed by atoms with Crippen molar-refractivity contribution in [1.82, 2.24) is 15.1 Å². The van der Waals surface area contributed by atoms with Crippen molar-refractivity contribution in [3.8, 4) is 0 Å². The fourth-order valence-corrected chi connectivity index (χ4v) is 4.89. The fourth-order valence-electron chi connectivity index (χ4n) is 4.89. The predicted molar refractivity (Wildman–Crippen MR) is 91.1 cm³/mol. The van der Waals surface area contributed by atoms with E-state index < -0.39 is 0 Å². The predicted octanol–water partition coefficient (Wildman–Crippen LogP) is 1.69. The van der Waals surface area contributed by atoms with Crippen LogP contribution in [0.2, 0.25) is 0 Å². The third kappa shape index (κ3) is 4.22. The van der Waals surface area contributed by atoms with Crippen molar-refractivity contribution in [3.05, 3.63) is 0 Å². The van der Waals surface area contributed by atoms with Crippen LogP contribution in [0.1, 0.15) is 51.4 Å². The van der Waals surface area contributed by atoms with E-state index in [0.717, 1.165) is 18.9 Å². The number of nitrogens with zero attached hydrogens (tertiary/aromatic N) is 2. The molecule has 3 heterocycles. The summed E-state index contributed by atoms with van der Waals surface area (Å²) in [4.78, 5) is 5.48. The van der Waals surface area contributed by atoms with Crippen molar-refractivity contribution in [3.63, 3.8) is 0 Å². The van der Waals surface area contributed by atoms with Gasteiger partial charge in [-0.15, -0.1) is 0 Å². The first-order valence-corrected chi connectivity index (χ1v) is 9.68. The first-order chi connectivity index (χ1) is 10.9. The summed E-state index contributed by atoms with van der Waals surface area (Å²) < 4.78 is 0. The lowest BCUT2D eigenvalue weighted by Crippen LogP contribution is -2.58. The highest BCUT2D eigenvalue weighted by Crippen LogP contribution is 2.28. The monoisotopic (exact) mass is 309 g/mol. The van der Waals surface area contributed by atoms with Crippen LogP contribution in [-0.4, -0.2) is 72.9 Å². The van der Waals surface area contributed by atoms with Crippen LogP contribution in [0.3, 0.4) is 0 Å². The number of likely N-dealkylation sites (tertiary alicyclic amines) is 2. The number of nitrogens with one attached hydrogen (secondary N) is 1. The van der Waals surface area contributed by atoms with Crippen LogP contribution in [0.25, 0.3) is 0 Å². The maximum atomic E-state index is 9.41. The molecule has 3 rings (SSSR count). The van der Waals surface area contributed by atoms with Gasteiger partial charge >= 0.3 is 0 Å². The Bertz CT molecular complexity index is 317. The third-order valence-electron chi connectivity index (χ3n) is 6.09. The Labute approximate surface area is 136 Å². The van der Waals surface area contributed by atoms with E-state index in [0.29, 0.717) is 18.7 Å². The molecule has 0 aromatic rings. The lowest BCUT2D eigenvalue weighted by atomic mass is 9.86. The summed E-state index contributed by atoms with van der Waals surface area (Å²) >= 11 is 0. The number of aliphatic hydroxyl groups is 1. The van der Waals surface area contributed by atoms with E-state index in [1.807, 2.05) is 0 Å². The molecule has 128 valence electrons. The van der Waals surface area contributed by atoms with Crippen LogP contribution in [0.4, 0.5) is 0 Å². The fraction of sp³-hybridized carbons (Fsp3) is 1.00. The largest absolute Gasteiger partial charge is 0.396 e. The van der Waals surface area contributed by atoms with Gasteiger partial charge in [0.2, 0.25) is 0 Å². The second-order valence-corrected chi connectivity index (χ2v) is 7.58. The molecule has 0 spiro atoms. The number of aliphatic hydroxyl groups excluding tert-OH is 1. The van der Waals surface area contributed by atoms with Crippen molar-refractivity contribution in [2.75, 3.05) is 45.9 Å². The normalized spacial score (nSPS) is 35.6. The van der Waals surface area contributed by atoms with Crippen LogP contribution >= 0.6 is 0 Å². The van der Waals surface area contributed by atoms with Gasteiger partial charge in [-0.3, -0.25) is 4.90 Å². The summed E-state index contributed by atoms with van der Waals surface area (Å²) in [6, 6.07) is 1.31. The molecule has 0 saturated carbocycles. The molecule has 3 saturated heterocycles. The van der Waals surface area contributed by atoms with Crippen LogP contribution in [-0.2, 0) is 0 Å². The van der Waals surface area contributed by atoms with E-state index in [4.69, 9.17) is 0 Å². The minimum Gasteiger partial charge on any atom is -0.396 e. The maximum Gasteiger partial charge on any atom is 0.0445 e. The Morgan fingerprint density at radius 2 is 1.77 bits per heavy atom. The quantitative estimate of drug-likeness (QED) is 0.811. The molecule has 0 bridgehead atoms. The minimum atomic E-state index is 0.345. The van der Waals surface area contributed by atoms with Gasteiger partial charge in [0, 0.05) is 31.8 Å². The molecular formula is C18H35N3O. The molecule has 2 N–H and O–H groups in total. The minimum absolute atomic E-state index is 0.345. The summed E-state index contributed by atoms with van der Waals surface area (Å²) in [5.74, 6) is 0.818. The van der Waals surface area contributed by atoms with Gasteiger partial charge < -0.3 is 15.3 Å². The highest BCUT2D eigenvalue weighted by Gasteiger charge is 2.35. The van der Waals surface area contributed by atoms with Gasteiger partial charge in [0.25, 0.3) is 0 Å². The smallest absolute Gasteiger partial charge is 0.0445 e. The topological polar surface area (TPSA) is 38.7 Å². The van der Waals surface area contributed by atoms with E-state index in [1.165, 1.54) is 77.7 Å².